The summed E-state index contributed by atoms with van der Waals surface area (Å²) in [6.45, 7) is 0. The van der Waals surface area contributed by atoms with E-state index in [2.05, 4.69) is 0 Å². The molecule has 0 bridgehead atoms. The van der Waals surface area contributed by atoms with Crippen molar-refractivity contribution in [2.24, 2.45) is 0 Å². The van der Waals surface area contributed by atoms with Crippen LogP contribution in [0.2, 0.25) is 0 Å². The van der Waals surface area contributed by atoms with E-state index < -0.39 is 0 Å². The van der Waals surface area contributed by atoms with Crippen LogP contribution in [0, 0.1) is 0 Å². The molecule has 0 fully saturated rings. The minimum atomic E-state index is -0.345. The Morgan fingerprint density at radius 3 is 1.17 bits per heavy atom. The van der Waals surface area contributed by atoms with Crippen molar-refractivity contribution in [3.05, 3.63) is 168 Å². The molecule has 0 saturated carbocycles. The molecule has 4 aromatic rings. The largest absolute Gasteiger partial charge is 0.426 e. The Hall–Kier alpha value is -5.22. The van der Waals surface area contributed by atoms with Crippen LogP contribution < -0.4 is 0 Å². The molecule has 0 radical (unpaired) electrons. The molecule has 0 aliphatic heterocycles. The van der Waals surface area contributed by atoms with E-state index >= 15 is 0 Å². The SMILES string of the molecule is O=C(CCCCC(=O)O/C(=C/C=C/c1ccccc1)c1ccccc1)O/C(=C/C=C/c1ccccc1)c1ccccc1. The van der Waals surface area contributed by atoms with Gasteiger partial charge in [0.25, 0.3) is 0 Å². The van der Waals surface area contributed by atoms with E-state index in [0.717, 1.165) is 22.3 Å². The molecular formula is C38H34O4. The van der Waals surface area contributed by atoms with Crippen molar-refractivity contribution < 1.29 is 19.1 Å². The summed E-state index contributed by atoms with van der Waals surface area (Å²) in [4.78, 5) is 25.4. The maximum atomic E-state index is 12.7. The fourth-order valence-electron chi connectivity index (χ4n) is 4.09. The average Bonchev–Trinajstić information content (AvgIpc) is 3.04. The molecule has 0 N–H and O–H groups in total. The number of hydrogen-bond donors (Lipinski definition) is 0. The molecule has 4 aromatic carbocycles. The molecule has 4 nitrogen and oxygen atoms in total. The molecule has 210 valence electrons. The van der Waals surface area contributed by atoms with Crippen molar-refractivity contribution in [2.75, 3.05) is 0 Å². The third kappa shape index (κ3) is 10.4. The maximum absolute atomic E-state index is 12.7. The summed E-state index contributed by atoms with van der Waals surface area (Å²) >= 11 is 0. The van der Waals surface area contributed by atoms with Crippen LogP contribution in [0.15, 0.2) is 146 Å². The van der Waals surface area contributed by atoms with E-state index in [4.69, 9.17) is 9.47 Å². The summed E-state index contributed by atoms with van der Waals surface area (Å²) in [5, 5.41) is 0. The van der Waals surface area contributed by atoms with E-state index in [1.807, 2.05) is 146 Å². The summed E-state index contributed by atoms with van der Waals surface area (Å²) in [5.41, 5.74) is 3.73. The quantitative estimate of drug-likeness (QED) is 0.0716. The Kier molecular flexibility index (Phi) is 11.9. The minimum Gasteiger partial charge on any atom is -0.426 e. The zero-order chi connectivity index (χ0) is 29.2. The van der Waals surface area contributed by atoms with E-state index in [-0.39, 0.29) is 24.8 Å². The first-order valence-electron chi connectivity index (χ1n) is 14.1. The lowest BCUT2D eigenvalue weighted by molar-refractivity contribution is -0.138. The Morgan fingerprint density at radius 2 is 0.810 bits per heavy atom. The van der Waals surface area contributed by atoms with Gasteiger partial charge in [-0.15, -0.1) is 0 Å². The average molecular weight is 555 g/mol. The molecule has 0 amide bonds. The van der Waals surface area contributed by atoms with Gasteiger partial charge < -0.3 is 9.47 Å². The van der Waals surface area contributed by atoms with Gasteiger partial charge in [-0.3, -0.25) is 9.59 Å². The van der Waals surface area contributed by atoms with Crippen LogP contribution in [-0.2, 0) is 19.1 Å². The van der Waals surface area contributed by atoms with Gasteiger partial charge in [-0.1, -0.05) is 146 Å². The van der Waals surface area contributed by atoms with Gasteiger partial charge in [-0.2, -0.15) is 0 Å². The lowest BCUT2D eigenvalue weighted by Crippen LogP contribution is -2.06. The Balaban J connectivity index is 1.29. The summed E-state index contributed by atoms with van der Waals surface area (Å²) in [6, 6.07) is 38.9. The molecular weight excluding hydrogens is 520 g/mol. The van der Waals surface area contributed by atoms with Gasteiger partial charge in [0.2, 0.25) is 0 Å². The van der Waals surface area contributed by atoms with Crippen LogP contribution in [0.25, 0.3) is 23.7 Å². The molecule has 0 spiro atoms. The molecule has 0 aliphatic carbocycles. The van der Waals surface area contributed by atoms with Crippen molar-refractivity contribution in [3.8, 4) is 0 Å². The third-order valence-corrected chi connectivity index (χ3v) is 6.25. The van der Waals surface area contributed by atoms with Crippen molar-refractivity contribution in [3.63, 3.8) is 0 Å². The van der Waals surface area contributed by atoms with Crippen LogP contribution >= 0.6 is 0 Å². The van der Waals surface area contributed by atoms with Gasteiger partial charge in [0.15, 0.2) is 0 Å². The summed E-state index contributed by atoms with van der Waals surface area (Å²) in [5.74, 6) is 0.270. The topological polar surface area (TPSA) is 52.6 Å². The second-order valence-corrected chi connectivity index (χ2v) is 9.49. The number of ether oxygens (including phenoxy) is 2. The zero-order valence-corrected chi connectivity index (χ0v) is 23.5. The van der Waals surface area contributed by atoms with Gasteiger partial charge >= 0.3 is 11.9 Å². The first kappa shape index (κ1) is 29.8. The fraction of sp³-hybridized carbons (Fsp3) is 0.105. The highest BCUT2D eigenvalue weighted by Gasteiger charge is 2.12. The predicted molar refractivity (Wildman–Crippen MR) is 170 cm³/mol. The van der Waals surface area contributed by atoms with Crippen LogP contribution in [0.1, 0.15) is 47.9 Å². The third-order valence-electron chi connectivity index (χ3n) is 6.25. The number of benzene rings is 4. The molecule has 0 heterocycles. The normalized spacial score (nSPS) is 12.0. The number of hydrogen-bond acceptors (Lipinski definition) is 4. The number of carbonyl (C=O) groups excluding carboxylic acids is 2. The Bertz CT molecular complexity index is 1400. The predicted octanol–water partition coefficient (Wildman–Crippen LogP) is 9.14. The Labute approximate surface area is 248 Å². The fourth-order valence-corrected chi connectivity index (χ4v) is 4.09. The van der Waals surface area contributed by atoms with Gasteiger partial charge in [-0.25, -0.2) is 0 Å². The van der Waals surface area contributed by atoms with Crippen molar-refractivity contribution in [1.82, 2.24) is 0 Å². The number of rotatable bonds is 13. The summed E-state index contributed by atoms with van der Waals surface area (Å²) in [6.07, 6.45) is 12.6. The van der Waals surface area contributed by atoms with Gasteiger partial charge in [0, 0.05) is 24.0 Å². The van der Waals surface area contributed by atoms with Crippen LogP contribution in [0.3, 0.4) is 0 Å². The van der Waals surface area contributed by atoms with Crippen molar-refractivity contribution in [2.45, 2.75) is 25.7 Å². The van der Waals surface area contributed by atoms with E-state index in [0.29, 0.717) is 24.4 Å². The van der Waals surface area contributed by atoms with Crippen molar-refractivity contribution in [1.29, 1.82) is 0 Å². The molecule has 0 unspecified atom stereocenters. The molecule has 0 aliphatic rings. The lowest BCUT2D eigenvalue weighted by Gasteiger charge is -2.10. The standard InChI is InChI=1S/C38H34O4/c39-37(41-35(33-23-9-3-10-24-33)27-15-21-31-17-5-1-6-18-31)29-13-14-30-38(40)42-36(34-25-11-4-12-26-34)28-16-22-32-19-7-2-8-20-32/h1-12,15-28H,13-14,29-30H2/b21-15+,22-16+,35-27+,36-28+. The number of carbonyl (C=O) groups is 2. The van der Waals surface area contributed by atoms with Crippen LogP contribution in [0.4, 0.5) is 0 Å². The number of allylic oxidation sites excluding steroid dienone is 4. The summed E-state index contributed by atoms with van der Waals surface area (Å²) < 4.78 is 11.4. The second kappa shape index (κ2) is 16.8. The molecule has 4 rings (SSSR count). The van der Waals surface area contributed by atoms with Crippen molar-refractivity contribution >= 4 is 35.6 Å². The highest BCUT2D eigenvalue weighted by Crippen LogP contribution is 2.20. The number of unbranched alkanes of at least 4 members (excludes halogenated alkanes) is 1. The smallest absolute Gasteiger partial charge is 0.311 e. The molecule has 42 heavy (non-hydrogen) atoms. The van der Waals surface area contributed by atoms with Gasteiger partial charge in [0.1, 0.15) is 11.5 Å². The highest BCUT2D eigenvalue weighted by molar-refractivity contribution is 5.80. The van der Waals surface area contributed by atoms with Crippen LogP contribution in [-0.4, -0.2) is 11.9 Å². The minimum absolute atomic E-state index is 0.195. The molecule has 4 heteroatoms. The molecule has 0 saturated heterocycles. The Morgan fingerprint density at radius 1 is 0.476 bits per heavy atom. The monoisotopic (exact) mass is 554 g/mol. The maximum Gasteiger partial charge on any atom is 0.311 e. The first-order valence-corrected chi connectivity index (χ1v) is 14.1. The van der Waals surface area contributed by atoms with Crippen LogP contribution in [0.5, 0.6) is 0 Å². The second-order valence-electron chi connectivity index (χ2n) is 9.49. The van der Waals surface area contributed by atoms with E-state index in [1.54, 1.807) is 12.2 Å². The van der Waals surface area contributed by atoms with Gasteiger partial charge in [-0.05, 0) is 36.1 Å². The highest BCUT2D eigenvalue weighted by atomic mass is 16.5. The van der Waals surface area contributed by atoms with Gasteiger partial charge in [0.05, 0.1) is 0 Å². The number of esters is 2. The first-order chi connectivity index (χ1) is 20.7. The molecule has 0 atom stereocenters. The van der Waals surface area contributed by atoms with E-state index in [1.165, 1.54) is 0 Å². The van der Waals surface area contributed by atoms with E-state index in [9.17, 15) is 9.59 Å². The zero-order valence-electron chi connectivity index (χ0n) is 23.5. The summed E-state index contributed by atoms with van der Waals surface area (Å²) in [7, 11) is 0. The lowest BCUT2D eigenvalue weighted by atomic mass is 10.1. The molecule has 0 aromatic heterocycles.